The smallest absolute Gasteiger partial charge is 0.262 e. The van der Waals surface area contributed by atoms with Gasteiger partial charge in [0.15, 0.2) is 0 Å². The first kappa shape index (κ1) is 16.7. The molecule has 1 heterocycles. The Morgan fingerprint density at radius 1 is 0.958 bits per heavy atom. The molecular weight excluding hydrogens is 338 g/mol. The third kappa shape index (κ3) is 3.82. The first-order chi connectivity index (χ1) is 11.4. The van der Waals surface area contributed by atoms with Crippen LogP contribution in [0, 0.1) is 11.6 Å². The summed E-state index contributed by atoms with van der Waals surface area (Å²) in [5, 5.41) is 0. The first-order valence-corrected chi connectivity index (χ1v) is 8.84. The Balaban J connectivity index is 1.77. The number of hydrogen-bond donors (Lipinski definition) is 1. The van der Waals surface area contributed by atoms with Gasteiger partial charge in [0, 0.05) is 30.5 Å². The summed E-state index contributed by atoms with van der Waals surface area (Å²) >= 11 is 0. The molecule has 128 valence electrons. The molecule has 2 aromatic carbocycles. The van der Waals surface area contributed by atoms with Crippen molar-refractivity contribution in [2.75, 3.05) is 35.9 Å². The van der Waals surface area contributed by atoms with Crippen molar-refractivity contribution < 1.29 is 21.9 Å². The van der Waals surface area contributed by atoms with Gasteiger partial charge < -0.3 is 9.64 Å². The van der Waals surface area contributed by atoms with Gasteiger partial charge in [0.1, 0.15) is 11.6 Å². The number of benzene rings is 2. The molecule has 1 N–H and O–H groups in total. The van der Waals surface area contributed by atoms with Gasteiger partial charge in [-0.2, -0.15) is 0 Å². The van der Waals surface area contributed by atoms with E-state index in [0.29, 0.717) is 25.0 Å². The fraction of sp³-hybridized carbons (Fsp3) is 0.250. The van der Waals surface area contributed by atoms with Crippen molar-refractivity contribution in [3.63, 3.8) is 0 Å². The Labute approximate surface area is 138 Å². The van der Waals surface area contributed by atoms with Crippen molar-refractivity contribution in [3.8, 4) is 0 Å². The molecule has 3 rings (SSSR count). The molecule has 8 heteroatoms. The van der Waals surface area contributed by atoms with Gasteiger partial charge >= 0.3 is 0 Å². The van der Waals surface area contributed by atoms with E-state index in [-0.39, 0.29) is 0 Å². The van der Waals surface area contributed by atoms with Crippen LogP contribution in [-0.4, -0.2) is 34.7 Å². The molecule has 0 amide bonds. The predicted molar refractivity (Wildman–Crippen MR) is 86.6 cm³/mol. The number of hydrogen-bond acceptors (Lipinski definition) is 4. The van der Waals surface area contributed by atoms with Gasteiger partial charge in [-0.3, -0.25) is 4.72 Å². The Bertz CT molecular complexity index is 799. The Morgan fingerprint density at radius 3 is 2.12 bits per heavy atom. The number of sulfonamides is 1. The molecule has 0 unspecified atom stereocenters. The van der Waals surface area contributed by atoms with Gasteiger partial charge in [-0.1, -0.05) is 0 Å². The molecule has 0 aliphatic carbocycles. The summed E-state index contributed by atoms with van der Waals surface area (Å²) in [6.45, 7) is 2.85. The maximum absolute atomic E-state index is 13.2. The van der Waals surface area contributed by atoms with E-state index in [0.717, 1.165) is 30.9 Å². The third-order valence-corrected chi connectivity index (χ3v) is 5.00. The van der Waals surface area contributed by atoms with Gasteiger partial charge in [-0.05, 0) is 36.4 Å². The van der Waals surface area contributed by atoms with Gasteiger partial charge in [-0.25, -0.2) is 17.2 Å². The summed E-state index contributed by atoms with van der Waals surface area (Å²) in [7, 11) is -4.06. The second-order valence-corrected chi connectivity index (χ2v) is 7.04. The number of nitrogens with one attached hydrogen (secondary N) is 1. The summed E-state index contributed by atoms with van der Waals surface area (Å²) in [4.78, 5) is 1.67. The van der Waals surface area contributed by atoms with Gasteiger partial charge in [0.2, 0.25) is 0 Å². The largest absolute Gasteiger partial charge is 0.378 e. The molecule has 1 fully saturated rings. The minimum Gasteiger partial charge on any atom is -0.378 e. The number of morpholine rings is 1. The van der Waals surface area contributed by atoms with Crippen LogP contribution in [0.2, 0.25) is 0 Å². The zero-order valence-electron chi connectivity index (χ0n) is 12.7. The van der Waals surface area contributed by atoms with E-state index in [9.17, 15) is 17.2 Å². The molecule has 1 aliphatic heterocycles. The second kappa shape index (κ2) is 6.74. The van der Waals surface area contributed by atoms with Crippen molar-refractivity contribution >= 4 is 21.4 Å². The summed E-state index contributed by atoms with van der Waals surface area (Å²) < 4.78 is 58.5. The van der Waals surface area contributed by atoms with Crippen molar-refractivity contribution in [3.05, 3.63) is 54.1 Å². The van der Waals surface area contributed by atoms with E-state index in [1.165, 1.54) is 0 Å². The molecule has 0 bridgehead atoms. The SMILES string of the molecule is O=S(=O)(Nc1ccc(N2CCOCC2)cc1)c1cc(F)cc(F)c1. The van der Waals surface area contributed by atoms with Crippen LogP contribution in [0.3, 0.4) is 0 Å². The maximum atomic E-state index is 13.2. The highest BCUT2D eigenvalue weighted by molar-refractivity contribution is 7.92. The first-order valence-electron chi connectivity index (χ1n) is 7.36. The average molecular weight is 354 g/mol. The number of rotatable bonds is 4. The molecular formula is C16H16F2N2O3S. The fourth-order valence-corrected chi connectivity index (χ4v) is 3.56. The van der Waals surface area contributed by atoms with Crippen LogP contribution in [0.15, 0.2) is 47.4 Å². The molecule has 5 nitrogen and oxygen atoms in total. The number of halogens is 2. The highest BCUT2D eigenvalue weighted by Gasteiger charge is 2.17. The molecule has 0 saturated carbocycles. The normalized spacial score (nSPS) is 15.3. The van der Waals surface area contributed by atoms with Crippen LogP contribution in [0.4, 0.5) is 20.2 Å². The van der Waals surface area contributed by atoms with Crippen LogP contribution in [0.25, 0.3) is 0 Å². The van der Waals surface area contributed by atoms with E-state index in [1.54, 1.807) is 24.3 Å². The molecule has 1 saturated heterocycles. The lowest BCUT2D eigenvalue weighted by atomic mass is 10.2. The second-order valence-electron chi connectivity index (χ2n) is 5.36. The topological polar surface area (TPSA) is 58.6 Å². The molecule has 0 spiro atoms. The summed E-state index contributed by atoms with van der Waals surface area (Å²) in [5.41, 5.74) is 1.27. The summed E-state index contributed by atoms with van der Waals surface area (Å²) in [6.07, 6.45) is 0. The predicted octanol–water partition coefficient (Wildman–Crippen LogP) is 2.60. The monoisotopic (exact) mass is 354 g/mol. The van der Waals surface area contributed by atoms with Crippen LogP contribution >= 0.6 is 0 Å². The number of anilines is 2. The average Bonchev–Trinajstić information content (AvgIpc) is 2.55. The highest BCUT2D eigenvalue weighted by atomic mass is 32.2. The summed E-state index contributed by atoms with van der Waals surface area (Å²) in [6, 6.07) is 8.96. The highest BCUT2D eigenvalue weighted by Crippen LogP contribution is 2.22. The lowest BCUT2D eigenvalue weighted by Crippen LogP contribution is -2.36. The fourth-order valence-electron chi connectivity index (χ4n) is 2.46. The van der Waals surface area contributed by atoms with Gasteiger partial charge in [0.05, 0.1) is 18.1 Å². The molecule has 1 aliphatic rings. The zero-order chi connectivity index (χ0) is 17.2. The van der Waals surface area contributed by atoms with Crippen molar-refractivity contribution in [2.24, 2.45) is 0 Å². The Kier molecular flexibility index (Phi) is 4.68. The van der Waals surface area contributed by atoms with Gasteiger partial charge in [0.25, 0.3) is 10.0 Å². The Hall–Kier alpha value is -2.19. The van der Waals surface area contributed by atoms with Crippen LogP contribution in [-0.2, 0) is 14.8 Å². The van der Waals surface area contributed by atoms with E-state index in [4.69, 9.17) is 4.74 Å². The Morgan fingerprint density at radius 2 is 1.54 bits per heavy atom. The molecule has 0 radical (unpaired) electrons. The van der Waals surface area contributed by atoms with Crippen molar-refractivity contribution in [1.82, 2.24) is 0 Å². The lowest BCUT2D eigenvalue weighted by Gasteiger charge is -2.28. The maximum Gasteiger partial charge on any atom is 0.262 e. The minimum absolute atomic E-state index is 0.316. The molecule has 0 atom stereocenters. The van der Waals surface area contributed by atoms with Gasteiger partial charge in [-0.15, -0.1) is 0 Å². The van der Waals surface area contributed by atoms with Crippen LogP contribution < -0.4 is 9.62 Å². The van der Waals surface area contributed by atoms with Crippen molar-refractivity contribution in [1.29, 1.82) is 0 Å². The quantitative estimate of drug-likeness (QED) is 0.917. The van der Waals surface area contributed by atoms with Crippen molar-refractivity contribution in [2.45, 2.75) is 4.90 Å². The van der Waals surface area contributed by atoms with E-state index < -0.39 is 26.6 Å². The number of nitrogens with zero attached hydrogens (tertiary/aromatic N) is 1. The summed E-state index contributed by atoms with van der Waals surface area (Å²) in [5.74, 6) is -1.89. The zero-order valence-corrected chi connectivity index (χ0v) is 13.5. The molecule has 2 aromatic rings. The number of ether oxygens (including phenoxy) is 1. The van der Waals surface area contributed by atoms with E-state index in [1.807, 2.05) is 0 Å². The van der Waals surface area contributed by atoms with E-state index in [2.05, 4.69) is 9.62 Å². The van der Waals surface area contributed by atoms with Crippen LogP contribution in [0.5, 0.6) is 0 Å². The minimum atomic E-state index is -4.06. The third-order valence-electron chi connectivity index (χ3n) is 3.64. The standard InChI is InChI=1S/C16H16F2N2O3S/c17-12-9-13(18)11-16(10-12)24(21,22)19-14-1-3-15(4-2-14)20-5-7-23-8-6-20/h1-4,9-11,19H,5-8H2. The molecule has 24 heavy (non-hydrogen) atoms. The molecule has 0 aromatic heterocycles. The van der Waals surface area contributed by atoms with Crippen LogP contribution in [0.1, 0.15) is 0 Å². The lowest BCUT2D eigenvalue weighted by molar-refractivity contribution is 0.122. The van der Waals surface area contributed by atoms with E-state index >= 15 is 0 Å².